The largest absolute Gasteiger partial charge is 0.477 e. The number of rotatable bonds is 4. The van der Waals surface area contributed by atoms with Crippen molar-refractivity contribution in [1.82, 2.24) is 9.55 Å². The first kappa shape index (κ1) is 13.2. The smallest absolute Gasteiger partial charge is 0.343 e. The lowest BCUT2D eigenvalue weighted by atomic mass is 10.1. The summed E-state index contributed by atoms with van der Waals surface area (Å²) in [7, 11) is 0. The molecule has 8 heteroatoms. The molecule has 20 heavy (non-hydrogen) atoms. The number of nitro groups is 1. The van der Waals surface area contributed by atoms with Crippen molar-refractivity contribution in [3.8, 4) is 6.07 Å². The molecule has 1 N–H and O–H groups in total. The number of nitro benzene ring substituents is 1. The highest BCUT2D eigenvalue weighted by Gasteiger charge is 2.23. The molecule has 2 aromatic rings. The third-order valence-electron chi connectivity index (χ3n) is 2.70. The lowest BCUT2D eigenvalue weighted by Gasteiger charge is -2.08. The van der Waals surface area contributed by atoms with Crippen molar-refractivity contribution in [3.63, 3.8) is 0 Å². The number of hydrogen-bond donors (Lipinski definition) is 1. The van der Waals surface area contributed by atoms with Crippen LogP contribution in [0.15, 0.2) is 30.6 Å². The summed E-state index contributed by atoms with van der Waals surface area (Å²) in [6.07, 6.45) is 2.90. The number of nitrogens with zero attached hydrogens (tertiary/aromatic N) is 4. The fourth-order valence-electron chi connectivity index (χ4n) is 1.85. The van der Waals surface area contributed by atoms with Gasteiger partial charge in [-0.05, 0) is 5.56 Å². The Morgan fingerprint density at radius 2 is 2.30 bits per heavy atom. The van der Waals surface area contributed by atoms with Gasteiger partial charge in [0.1, 0.15) is 11.6 Å². The highest BCUT2D eigenvalue weighted by Crippen LogP contribution is 2.23. The molecule has 0 spiro atoms. The van der Waals surface area contributed by atoms with Gasteiger partial charge in [0, 0.05) is 18.5 Å². The van der Waals surface area contributed by atoms with Crippen molar-refractivity contribution in [2.45, 2.75) is 6.54 Å². The highest BCUT2D eigenvalue weighted by molar-refractivity contribution is 5.94. The fraction of sp³-hybridized carbons (Fsp3) is 0.0833. The molecule has 1 aromatic heterocycles. The normalized spacial score (nSPS) is 9.95. The molecular formula is C12H8N4O4. The van der Waals surface area contributed by atoms with Crippen LogP contribution >= 0.6 is 0 Å². The number of nitriles is 1. The van der Waals surface area contributed by atoms with Crippen molar-refractivity contribution in [1.29, 1.82) is 5.26 Å². The lowest BCUT2D eigenvalue weighted by molar-refractivity contribution is -0.385. The van der Waals surface area contributed by atoms with Gasteiger partial charge >= 0.3 is 5.97 Å². The quantitative estimate of drug-likeness (QED) is 0.663. The molecular weight excluding hydrogens is 264 g/mol. The maximum atomic E-state index is 11.2. The Balaban J connectivity index is 2.52. The number of aromatic carboxylic acids is 1. The van der Waals surface area contributed by atoms with Crippen LogP contribution in [0.4, 0.5) is 5.69 Å². The topological polar surface area (TPSA) is 122 Å². The van der Waals surface area contributed by atoms with Crippen molar-refractivity contribution < 1.29 is 14.8 Å². The van der Waals surface area contributed by atoms with E-state index < -0.39 is 16.6 Å². The highest BCUT2D eigenvalue weighted by atomic mass is 16.6. The zero-order chi connectivity index (χ0) is 14.7. The van der Waals surface area contributed by atoms with Gasteiger partial charge < -0.3 is 9.67 Å². The van der Waals surface area contributed by atoms with E-state index in [4.69, 9.17) is 10.4 Å². The number of carbonyl (C=O) groups is 1. The summed E-state index contributed by atoms with van der Waals surface area (Å²) in [6, 6.07) is 5.86. The van der Waals surface area contributed by atoms with Gasteiger partial charge in [-0.1, -0.05) is 12.1 Å². The lowest BCUT2D eigenvalue weighted by Crippen LogP contribution is -2.10. The van der Waals surface area contributed by atoms with Crippen LogP contribution in [0, 0.1) is 21.4 Å². The Morgan fingerprint density at radius 1 is 1.55 bits per heavy atom. The van der Waals surface area contributed by atoms with E-state index in [1.54, 1.807) is 0 Å². The van der Waals surface area contributed by atoms with Crippen LogP contribution in [0.5, 0.6) is 0 Å². The van der Waals surface area contributed by atoms with Crippen LogP contribution in [0.25, 0.3) is 0 Å². The van der Waals surface area contributed by atoms with Crippen LogP contribution in [-0.2, 0) is 6.54 Å². The van der Waals surface area contributed by atoms with Gasteiger partial charge in [0.05, 0.1) is 11.5 Å². The molecule has 0 fully saturated rings. The molecule has 2 rings (SSSR count). The van der Waals surface area contributed by atoms with Gasteiger partial charge in [0.25, 0.3) is 5.69 Å². The standard InChI is InChI=1S/C12H8N4O4/c13-6-10-14-4-5-15(10)7-8-2-1-3-9(16(19)20)11(8)12(17)18/h1-5H,7H2,(H,17,18). The van der Waals surface area contributed by atoms with Gasteiger partial charge in [-0.2, -0.15) is 5.26 Å². The molecule has 0 aliphatic carbocycles. The molecule has 0 unspecified atom stereocenters. The van der Waals surface area contributed by atoms with E-state index in [0.29, 0.717) is 0 Å². The van der Waals surface area contributed by atoms with Crippen molar-refractivity contribution >= 4 is 11.7 Å². The van der Waals surface area contributed by atoms with Gasteiger partial charge in [-0.25, -0.2) is 9.78 Å². The van der Waals surface area contributed by atoms with Crippen LogP contribution in [-0.4, -0.2) is 25.6 Å². The average molecular weight is 272 g/mol. The Kier molecular flexibility index (Phi) is 3.43. The Hall–Kier alpha value is -3.21. The second-order valence-corrected chi connectivity index (χ2v) is 3.86. The van der Waals surface area contributed by atoms with Gasteiger partial charge in [0.15, 0.2) is 0 Å². The SMILES string of the molecule is N#Cc1nccn1Cc1cccc([N+](=O)[O-])c1C(=O)O. The molecule has 0 saturated heterocycles. The Bertz CT molecular complexity index is 729. The van der Waals surface area contributed by atoms with E-state index in [0.717, 1.165) is 6.07 Å². The minimum atomic E-state index is -1.38. The predicted octanol–water partition coefficient (Wildman–Crippen LogP) is 1.41. The number of hydrogen-bond acceptors (Lipinski definition) is 5. The van der Waals surface area contributed by atoms with Gasteiger partial charge in [-0.15, -0.1) is 0 Å². The first-order valence-corrected chi connectivity index (χ1v) is 5.45. The van der Waals surface area contributed by atoms with Crippen LogP contribution < -0.4 is 0 Å². The van der Waals surface area contributed by atoms with Crippen molar-refractivity contribution in [2.75, 3.05) is 0 Å². The predicted molar refractivity (Wildman–Crippen MR) is 66.1 cm³/mol. The number of carboxylic acid groups (broad SMARTS) is 1. The van der Waals surface area contributed by atoms with E-state index in [1.165, 1.54) is 29.1 Å². The second-order valence-electron chi connectivity index (χ2n) is 3.86. The van der Waals surface area contributed by atoms with Gasteiger partial charge in [-0.3, -0.25) is 10.1 Å². The number of carboxylic acids is 1. The third-order valence-corrected chi connectivity index (χ3v) is 2.70. The maximum Gasteiger partial charge on any atom is 0.343 e. The zero-order valence-electron chi connectivity index (χ0n) is 10.1. The molecule has 0 aliphatic rings. The van der Waals surface area contributed by atoms with E-state index >= 15 is 0 Å². The van der Waals surface area contributed by atoms with E-state index in [1.807, 2.05) is 6.07 Å². The number of benzene rings is 1. The number of aromatic nitrogens is 2. The minimum absolute atomic E-state index is 0.0200. The molecule has 100 valence electrons. The third kappa shape index (κ3) is 2.32. The van der Waals surface area contributed by atoms with Gasteiger partial charge in [0.2, 0.25) is 5.82 Å². The zero-order valence-corrected chi connectivity index (χ0v) is 10.1. The summed E-state index contributed by atoms with van der Waals surface area (Å²) in [5.74, 6) is -1.28. The van der Waals surface area contributed by atoms with Crippen molar-refractivity contribution in [2.24, 2.45) is 0 Å². The first-order chi connectivity index (χ1) is 9.54. The Morgan fingerprint density at radius 3 is 2.90 bits per heavy atom. The summed E-state index contributed by atoms with van der Waals surface area (Å²) >= 11 is 0. The average Bonchev–Trinajstić information content (AvgIpc) is 2.85. The van der Waals surface area contributed by atoms with Crippen LogP contribution in [0.1, 0.15) is 21.7 Å². The Labute approximate surface area is 112 Å². The second kappa shape index (κ2) is 5.19. The van der Waals surface area contributed by atoms with E-state index in [2.05, 4.69) is 4.98 Å². The molecule has 1 heterocycles. The van der Waals surface area contributed by atoms with Crippen LogP contribution in [0.3, 0.4) is 0 Å². The molecule has 8 nitrogen and oxygen atoms in total. The maximum absolute atomic E-state index is 11.2. The molecule has 0 aliphatic heterocycles. The summed E-state index contributed by atoms with van der Waals surface area (Å²) in [5.41, 5.74) is -0.620. The molecule has 0 bridgehead atoms. The minimum Gasteiger partial charge on any atom is -0.477 e. The van der Waals surface area contributed by atoms with E-state index in [-0.39, 0.29) is 23.5 Å². The summed E-state index contributed by atoms with van der Waals surface area (Å²) in [5, 5.41) is 28.9. The summed E-state index contributed by atoms with van der Waals surface area (Å²) < 4.78 is 1.42. The molecule has 1 aromatic carbocycles. The monoisotopic (exact) mass is 272 g/mol. The molecule has 0 radical (unpaired) electrons. The summed E-state index contributed by atoms with van der Waals surface area (Å²) in [6.45, 7) is 0.0200. The number of imidazole rings is 1. The first-order valence-electron chi connectivity index (χ1n) is 5.45. The fourth-order valence-corrected chi connectivity index (χ4v) is 1.85. The molecule has 0 saturated carbocycles. The molecule has 0 amide bonds. The molecule has 0 atom stereocenters. The van der Waals surface area contributed by atoms with E-state index in [9.17, 15) is 14.9 Å². The van der Waals surface area contributed by atoms with Crippen molar-refractivity contribution in [3.05, 3.63) is 57.7 Å². The summed E-state index contributed by atoms with van der Waals surface area (Å²) in [4.78, 5) is 25.1. The van der Waals surface area contributed by atoms with Crippen LogP contribution in [0.2, 0.25) is 0 Å².